The first-order chi connectivity index (χ1) is 11.1. The largest absolute Gasteiger partial charge is 0.480 e. The molecule has 0 saturated carbocycles. The van der Waals surface area contributed by atoms with E-state index in [0.29, 0.717) is 19.4 Å². The van der Waals surface area contributed by atoms with Gasteiger partial charge in [-0.1, -0.05) is 24.3 Å². The zero-order chi connectivity index (χ0) is 16.4. The number of nitrogens with zero attached hydrogens (tertiary/aromatic N) is 3. The number of aromatic nitrogens is 2. The molecule has 2 aromatic rings. The highest BCUT2D eigenvalue weighted by Gasteiger charge is 2.34. The normalized spacial score (nSPS) is 16.9. The summed E-state index contributed by atoms with van der Waals surface area (Å²) in [6, 6.07) is 8.78. The summed E-state index contributed by atoms with van der Waals surface area (Å²) in [4.78, 5) is 25.6. The molecule has 0 unspecified atom stereocenters. The lowest BCUT2D eigenvalue weighted by Gasteiger charge is -2.34. The van der Waals surface area contributed by atoms with E-state index in [4.69, 9.17) is 0 Å². The Morgan fingerprint density at radius 1 is 1.26 bits per heavy atom. The number of carbonyl (C=O) groups excluding carboxylic acids is 1. The lowest BCUT2D eigenvalue weighted by molar-refractivity contribution is -0.151. The topological polar surface area (TPSA) is 75.4 Å². The van der Waals surface area contributed by atoms with E-state index in [1.807, 2.05) is 37.4 Å². The van der Waals surface area contributed by atoms with Gasteiger partial charge in [-0.05, 0) is 23.6 Å². The molecule has 2 heterocycles. The number of carboxylic acids is 1. The van der Waals surface area contributed by atoms with Gasteiger partial charge in [-0.15, -0.1) is 0 Å². The van der Waals surface area contributed by atoms with Crippen LogP contribution in [0.15, 0.2) is 36.5 Å². The van der Waals surface area contributed by atoms with Crippen LogP contribution in [0.5, 0.6) is 0 Å². The molecule has 1 aliphatic rings. The maximum atomic E-state index is 12.6. The first kappa shape index (κ1) is 15.3. The molecule has 1 atom stereocenters. The van der Waals surface area contributed by atoms with Crippen LogP contribution in [0.3, 0.4) is 0 Å². The minimum absolute atomic E-state index is 0.131. The van der Waals surface area contributed by atoms with E-state index >= 15 is 0 Å². The third-order valence-corrected chi connectivity index (χ3v) is 4.37. The van der Waals surface area contributed by atoms with Crippen LogP contribution in [0, 0.1) is 0 Å². The molecule has 1 aromatic carbocycles. The molecule has 3 rings (SSSR count). The van der Waals surface area contributed by atoms with Gasteiger partial charge >= 0.3 is 5.97 Å². The number of benzene rings is 1. The number of aryl methyl sites for hydroxylation is 2. The van der Waals surface area contributed by atoms with Crippen molar-refractivity contribution in [3.8, 4) is 0 Å². The van der Waals surface area contributed by atoms with Crippen LogP contribution in [-0.2, 0) is 36.0 Å². The van der Waals surface area contributed by atoms with Gasteiger partial charge < -0.3 is 10.0 Å². The lowest BCUT2D eigenvalue weighted by Crippen LogP contribution is -2.48. The van der Waals surface area contributed by atoms with E-state index in [2.05, 4.69) is 5.10 Å². The van der Waals surface area contributed by atoms with Gasteiger partial charge in [0.1, 0.15) is 6.04 Å². The molecular weight excluding hydrogens is 294 g/mol. The average molecular weight is 313 g/mol. The summed E-state index contributed by atoms with van der Waals surface area (Å²) >= 11 is 0. The standard InChI is InChI=1S/C17H19N3O3/c1-19-14(8-9-18-19)6-7-16(21)20-11-13-5-3-2-4-12(13)10-15(20)17(22)23/h2-5,8-9,15H,6-7,10-11H2,1H3,(H,22,23)/t15-/m0/s1. The number of rotatable bonds is 4. The van der Waals surface area contributed by atoms with Crippen molar-refractivity contribution in [2.45, 2.75) is 31.8 Å². The number of hydrogen-bond acceptors (Lipinski definition) is 3. The molecule has 0 radical (unpaired) electrons. The zero-order valence-corrected chi connectivity index (χ0v) is 13.0. The fourth-order valence-electron chi connectivity index (χ4n) is 3.03. The van der Waals surface area contributed by atoms with Crippen LogP contribution in [0.25, 0.3) is 0 Å². The van der Waals surface area contributed by atoms with Crippen LogP contribution in [-0.4, -0.2) is 37.7 Å². The smallest absolute Gasteiger partial charge is 0.326 e. The molecule has 0 aliphatic carbocycles. The van der Waals surface area contributed by atoms with Gasteiger partial charge in [-0.25, -0.2) is 4.79 Å². The second-order valence-electron chi connectivity index (χ2n) is 5.79. The monoisotopic (exact) mass is 313 g/mol. The first-order valence-corrected chi connectivity index (χ1v) is 7.62. The van der Waals surface area contributed by atoms with E-state index in [9.17, 15) is 14.7 Å². The first-order valence-electron chi connectivity index (χ1n) is 7.62. The molecule has 0 spiro atoms. The van der Waals surface area contributed by atoms with E-state index in [1.165, 1.54) is 4.90 Å². The number of aliphatic carboxylic acids is 1. The van der Waals surface area contributed by atoms with Gasteiger partial charge in [-0.3, -0.25) is 9.48 Å². The van der Waals surface area contributed by atoms with Crippen LogP contribution in [0.2, 0.25) is 0 Å². The maximum Gasteiger partial charge on any atom is 0.326 e. The predicted molar refractivity (Wildman–Crippen MR) is 83.6 cm³/mol. The number of fused-ring (bicyclic) bond motifs is 1. The Morgan fingerprint density at radius 3 is 2.65 bits per heavy atom. The highest BCUT2D eigenvalue weighted by molar-refractivity contribution is 5.84. The summed E-state index contributed by atoms with van der Waals surface area (Å²) < 4.78 is 1.73. The number of carbonyl (C=O) groups is 2. The third-order valence-electron chi connectivity index (χ3n) is 4.37. The highest BCUT2D eigenvalue weighted by atomic mass is 16.4. The van der Waals surface area contributed by atoms with Crippen molar-refractivity contribution in [1.29, 1.82) is 0 Å². The molecule has 0 fully saturated rings. The van der Waals surface area contributed by atoms with Gasteiger partial charge in [0.05, 0.1) is 0 Å². The lowest BCUT2D eigenvalue weighted by atomic mass is 9.93. The third kappa shape index (κ3) is 3.11. The van der Waals surface area contributed by atoms with Gasteiger partial charge in [0.25, 0.3) is 0 Å². The molecule has 6 heteroatoms. The Labute approximate surface area is 134 Å². The van der Waals surface area contributed by atoms with E-state index in [0.717, 1.165) is 16.8 Å². The summed E-state index contributed by atoms with van der Waals surface area (Å²) in [5.74, 6) is -1.08. The molecule has 23 heavy (non-hydrogen) atoms. The Morgan fingerprint density at radius 2 is 2.00 bits per heavy atom. The molecule has 1 aromatic heterocycles. The van der Waals surface area contributed by atoms with Crippen LogP contribution in [0.1, 0.15) is 23.2 Å². The minimum atomic E-state index is -0.951. The van der Waals surface area contributed by atoms with Crippen molar-refractivity contribution < 1.29 is 14.7 Å². The van der Waals surface area contributed by atoms with Crippen LogP contribution >= 0.6 is 0 Å². The Kier molecular flexibility index (Phi) is 4.14. The summed E-state index contributed by atoms with van der Waals surface area (Å²) in [5.41, 5.74) is 3.00. The highest BCUT2D eigenvalue weighted by Crippen LogP contribution is 2.24. The van der Waals surface area contributed by atoms with Crippen molar-refractivity contribution in [3.05, 3.63) is 53.3 Å². The van der Waals surface area contributed by atoms with Crippen molar-refractivity contribution in [2.24, 2.45) is 7.05 Å². The zero-order valence-electron chi connectivity index (χ0n) is 13.0. The fourth-order valence-corrected chi connectivity index (χ4v) is 3.03. The summed E-state index contributed by atoms with van der Waals surface area (Å²) in [7, 11) is 1.83. The molecule has 1 N–H and O–H groups in total. The second-order valence-corrected chi connectivity index (χ2v) is 5.79. The second kappa shape index (κ2) is 6.24. The van der Waals surface area contributed by atoms with Crippen molar-refractivity contribution in [2.75, 3.05) is 0 Å². The Hall–Kier alpha value is -2.63. The maximum absolute atomic E-state index is 12.6. The van der Waals surface area contributed by atoms with E-state index < -0.39 is 12.0 Å². The Balaban J connectivity index is 1.75. The fraction of sp³-hybridized carbons (Fsp3) is 0.353. The van der Waals surface area contributed by atoms with Gasteiger partial charge in [0.15, 0.2) is 0 Å². The van der Waals surface area contributed by atoms with E-state index in [1.54, 1.807) is 10.9 Å². The average Bonchev–Trinajstić information content (AvgIpc) is 2.96. The molecular formula is C17H19N3O3. The molecule has 0 saturated heterocycles. The minimum Gasteiger partial charge on any atom is -0.480 e. The summed E-state index contributed by atoms with van der Waals surface area (Å²) in [6.07, 6.45) is 2.89. The SMILES string of the molecule is Cn1nccc1CCC(=O)N1Cc2ccccc2C[C@H]1C(=O)O. The predicted octanol–water partition coefficient (Wildman–Crippen LogP) is 1.39. The number of carboxylic acid groups (broad SMARTS) is 1. The number of amides is 1. The van der Waals surface area contributed by atoms with Crippen LogP contribution < -0.4 is 0 Å². The quantitative estimate of drug-likeness (QED) is 0.925. The van der Waals surface area contributed by atoms with Crippen molar-refractivity contribution in [3.63, 3.8) is 0 Å². The molecule has 1 aliphatic heterocycles. The molecule has 1 amide bonds. The number of hydrogen-bond donors (Lipinski definition) is 1. The molecule has 120 valence electrons. The Bertz CT molecular complexity index is 738. The van der Waals surface area contributed by atoms with Gasteiger partial charge in [0.2, 0.25) is 5.91 Å². The van der Waals surface area contributed by atoms with Crippen LogP contribution in [0.4, 0.5) is 0 Å². The van der Waals surface area contributed by atoms with Crippen molar-refractivity contribution >= 4 is 11.9 Å². The molecule has 0 bridgehead atoms. The van der Waals surface area contributed by atoms with Gasteiger partial charge in [-0.2, -0.15) is 5.10 Å². The molecule has 6 nitrogen and oxygen atoms in total. The summed E-state index contributed by atoms with van der Waals surface area (Å²) in [6.45, 7) is 0.358. The van der Waals surface area contributed by atoms with Gasteiger partial charge in [0, 0.05) is 38.3 Å². The van der Waals surface area contributed by atoms with E-state index in [-0.39, 0.29) is 12.3 Å². The van der Waals surface area contributed by atoms with Crippen molar-refractivity contribution in [1.82, 2.24) is 14.7 Å². The summed E-state index contributed by atoms with van der Waals surface area (Å²) in [5, 5.41) is 13.5.